The fraction of sp³-hybridized carbons (Fsp3) is 0.222. The van der Waals surface area contributed by atoms with Gasteiger partial charge in [0, 0.05) is 43.8 Å². The summed E-state index contributed by atoms with van der Waals surface area (Å²) in [7, 11) is -3.38. The van der Waals surface area contributed by atoms with Gasteiger partial charge < -0.3 is 10.4 Å². The van der Waals surface area contributed by atoms with Crippen LogP contribution in [-0.2, 0) is 29.4 Å². The molecule has 0 radical (unpaired) electrons. The lowest BCUT2D eigenvalue weighted by molar-refractivity contribution is 0.413. The van der Waals surface area contributed by atoms with E-state index in [4.69, 9.17) is 0 Å². The monoisotopic (exact) mass is 503 g/mol. The maximum atomic E-state index is 12.4. The summed E-state index contributed by atoms with van der Waals surface area (Å²) >= 11 is 0. The Morgan fingerprint density at radius 3 is 2.39 bits per heavy atom. The van der Waals surface area contributed by atoms with Crippen LogP contribution in [0.15, 0.2) is 85.3 Å². The zero-order chi connectivity index (χ0) is 25.4. The molecule has 2 aromatic heterocycles. The Labute approximate surface area is 211 Å². The van der Waals surface area contributed by atoms with E-state index in [1.54, 1.807) is 30.7 Å². The molecule has 2 N–H and O–H groups in total. The highest BCUT2D eigenvalue weighted by Gasteiger charge is 2.17. The standard InChI is InChI=1S/C27H29N5O3S/c1-36(34,35)32(18-13-22-9-14-28-15-10-22)20-23-3-2-4-24(19-23)26-12-17-30-27(31-26)29-16-11-21-5-7-25(33)8-6-21/h2-10,12,14-15,17,19,33H,11,13,16,18,20H2,1H3,(H,29,30,31). The summed E-state index contributed by atoms with van der Waals surface area (Å²) in [6.07, 6.45) is 7.74. The second-order valence-corrected chi connectivity index (χ2v) is 10.5. The smallest absolute Gasteiger partial charge is 0.223 e. The van der Waals surface area contributed by atoms with Crippen molar-refractivity contribution in [3.8, 4) is 17.0 Å². The fourth-order valence-electron chi connectivity index (χ4n) is 3.78. The third-order valence-corrected chi connectivity index (χ3v) is 6.99. The first-order valence-electron chi connectivity index (χ1n) is 11.6. The van der Waals surface area contributed by atoms with Crippen molar-refractivity contribution in [2.24, 2.45) is 0 Å². The van der Waals surface area contributed by atoms with Crippen LogP contribution in [0, 0.1) is 0 Å². The lowest BCUT2D eigenvalue weighted by atomic mass is 10.1. The number of benzene rings is 2. The van der Waals surface area contributed by atoms with E-state index in [0.717, 1.165) is 34.4 Å². The van der Waals surface area contributed by atoms with Crippen molar-refractivity contribution in [1.82, 2.24) is 19.3 Å². The molecule has 0 bridgehead atoms. The molecule has 0 aliphatic heterocycles. The van der Waals surface area contributed by atoms with Gasteiger partial charge in [-0.15, -0.1) is 0 Å². The van der Waals surface area contributed by atoms with Crippen LogP contribution in [-0.4, -0.2) is 52.1 Å². The summed E-state index contributed by atoms with van der Waals surface area (Å²) in [6, 6.07) is 20.5. The normalized spacial score (nSPS) is 11.5. The minimum atomic E-state index is -3.38. The van der Waals surface area contributed by atoms with Gasteiger partial charge in [-0.05, 0) is 65.9 Å². The van der Waals surface area contributed by atoms with E-state index in [1.165, 1.54) is 10.6 Å². The molecule has 2 aromatic carbocycles. The number of rotatable bonds is 11. The molecular weight excluding hydrogens is 474 g/mol. The van der Waals surface area contributed by atoms with Gasteiger partial charge in [-0.1, -0.05) is 30.3 Å². The van der Waals surface area contributed by atoms with Crippen LogP contribution >= 0.6 is 0 Å². The average Bonchev–Trinajstić information content (AvgIpc) is 2.88. The van der Waals surface area contributed by atoms with Gasteiger partial charge in [0.25, 0.3) is 0 Å². The maximum Gasteiger partial charge on any atom is 0.223 e. The molecule has 0 spiro atoms. The van der Waals surface area contributed by atoms with E-state index in [9.17, 15) is 13.5 Å². The Kier molecular flexibility index (Phi) is 8.24. The summed E-state index contributed by atoms with van der Waals surface area (Å²) in [4.78, 5) is 13.0. The Bertz CT molecular complexity index is 1380. The van der Waals surface area contributed by atoms with Crippen LogP contribution in [0.2, 0.25) is 0 Å². The maximum absolute atomic E-state index is 12.4. The van der Waals surface area contributed by atoms with Gasteiger partial charge in [0.2, 0.25) is 16.0 Å². The van der Waals surface area contributed by atoms with Crippen LogP contribution in [0.3, 0.4) is 0 Å². The van der Waals surface area contributed by atoms with E-state index in [2.05, 4.69) is 20.3 Å². The van der Waals surface area contributed by atoms with Crippen molar-refractivity contribution in [2.75, 3.05) is 24.7 Å². The van der Waals surface area contributed by atoms with Gasteiger partial charge in [-0.3, -0.25) is 4.98 Å². The Morgan fingerprint density at radius 1 is 0.889 bits per heavy atom. The number of nitrogens with one attached hydrogen (secondary N) is 1. The van der Waals surface area contributed by atoms with Crippen LogP contribution in [0.4, 0.5) is 5.95 Å². The van der Waals surface area contributed by atoms with Crippen molar-refractivity contribution in [3.05, 3.63) is 102 Å². The Balaban J connectivity index is 1.42. The molecule has 0 fully saturated rings. The topological polar surface area (TPSA) is 108 Å². The van der Waals surface area contributed by atoms with Gasteiger partial charge in [-0.2, -0.15) is 4.31 Å². The first-order chi connectivity index (χ1) is 17.4. The summed E-state index contributed by atoms with van der Waals surface area (Å²) in [6.45, 7) is 1.31. The molecule has 4 aromatic rings. The number of anilines is 1. The Morgan fingerprint density at radius 2 is 1.64 bits per heavy atom. The molecular formula is C27H29N5O3S. The van der Waals surface area contributed by atoms with Crippen LogP contribution < -0.4 is 5.32 Å². The van der Waals surface area contributed by atoms with Gasteiger partial charge in [0.15, 0.2) is 0 Å². The fourth-order valence-corrected chi connectivity index (χ4v) is 4.59. The predicted molar refractivity (Wildman–Crippen MR) is 141 cm³/mol. The number of phenolic OH excluding ortho intramolecular Hbond substituents is 1. The van der Waals surface area contributed by atoms with Crippen molar-refractivity contribution >= 4 is 16.0 Å². The molecule has 186 valence electrons. The van der Waals surface area contributed by atoms with Crippen LogP contribution in [0.1, 0.15) is 16.7 Å². The van der Waals surface area contributed by atoms with Crippen molar-refractivity contribution < 1.29 is 13.5 Å². The quantitative estimate of drug-likeness (QED) is 0.320. The molecule has 36 heavy (non-hydrogen) atoms. The lowest BCUT2D eigenvalue weighted by Crippen LogP contribution is -2.31. The highest BCUT2D eigenvalue weighted by molar-refractivity contribution is 7.88. The predicted octanol–water partition coefficient (Wildman–Crippen LogP) is 3.90. The largest absolute Gasteiger partial charge is 0.508 e. The molecule has 4 rings (SSSR count). The molecule has 9 heteroatoms. The highest BCUT2D eigenvalue weighted by Crippen LogP contribution is 2.21. The SMILES string of the molecule is CS(=O)(=O)N(CCc1ccncc1)Cc1cccc(-c2ccnc(NCCc3ccc(O)cc3)n2)c1. The minimum Gasteiger partial charge on any atom is -0.508 e. The molecule has 0 atom stereocenters. The summed E-state index contributed by atoms with van der Waals surface area (Å²) < 4.78 is 26.4. The zero-order valence-corrected chi connectivity index (χ0v) is 20.9. The van der Waals surface area contributed by atoms with E-state index in [0.29, 0.717) is 25.5 Å². The van der Waals surface area contributed by atoms with Gasteiger partial charge in [0.1, 0.15) is 5.75 Å². The summed E-state index contributed by atoms with van der Waals surface area (Å²) in [5.74, 6) is 0.769. The van der Waals surface area contributed by atoms with Crippen molar-refractivity contribution in [2.45, 2.75) is 19.4 Å². The number of sulfonamides is 1. The van der Waals surface area contributed by atoms with Gasteiger partial charge in [-0.25, -0.2) is 18.4 Å². The summed E-state index contributed by atoms with van der Waals surface area (Å²) in [5.41, 5.74) is 4.66. The lowest BCUT2D eigenvalue weighted by Gasteiger charge is -2.20. The average molecular weight is 504 g/mol. The van der Waals surface area contributed by atoms with Crippen molar-refractivity contribution in [1.29, 1.82) is 0 Å². The second kappa shape index (κ2) is 11.7. The first-order valence-corrected chi connectivity index (χ1v) is 13.5. The number of aromatic nitrogens is 3. The summed E-state index contributed by atoms with van der Waals surface area (Å²) in [5, 5.41) is 12.7. The molecule has 8 nitrogen and oxygen atoms in total. The van der Waals surface area contributed by atoms with Crippen LogP contribution in [0.25, 0.3) is 11.3 Å². The third-order valence-electron chi connectivity index (χ3n) is 5.74. The van der Waals surface area contributed by atoms with E-state index < -0.39 is 10.0 Å². The molecule has 0 saturated heterocycles. The highest BCUT2D eigenvalue weighted by atomic mass is 32.2. The van der Waals surface area contributed by atoms with Gasteiger partial charge >= 0.3 is 0 Å². The molecule has 0 aliphatic carbocycles. The van der Waals surface area contributed by atoms with E-state index in [-0.39, 0.29) is 12.3 Å². The van der Waals surface area contributed by atoms with Crippen LogP contribution in [0.5, 0.6) is 5.75 Å². The number of aromatic hydroxyl groups is 1. The van der Waals surface area contributed by atoms with E-state index >= 15 is 0 Å². The molecule has 0 aliphatic rings. The first kappa shape index (κ1) is 25.3. The van der Waals surface area contributed by atoms with Gasteiger partial charge in [0.05, 0.1) is 11.9 Å². The Hall–Kier alpha value is -3.82. The third kappa shape index (κ3) is 7.34. The molecule has 2 heterocycles. The zero-order valence-electron chi connectivity index (χ0n) is 20.1. The molecule has 0 amide bonds. The number of nitrogens with zero attached hydrogens (tertiary/aromatic N) is 4. The minimum absolute atomic E-state index is 0.248. The number of hydrogen-bond donors (Lipinski definition) is 2. The molecule has 0 unspecified atom stereocenters. The number of hydrogen-bond acceptors (Lipinski definition) is 7. The second-order valence-electron chi connectivity index (χ2n) is 8.51. The molecule has 0 saturated carbocycles. The number of pyridine rings is 1. The number of phenols is 1. The van der Waals surface area contributed by atoms with E-state index in [1.807, 2.05) is 54.6 Å². The van der Waals surface area contributed by atoms with Crippen molar-refractivity contribution in [3.63, 3.8) is 0 Å².